The average molecular weight is 422 g/mol. The van der Waals surface area contributed by atoms with Gasteiger partial charge < -0.3 is 19.9 Å². The van der Waals surface area contributed by atoms with E-state index in [0.29, 0.717) is 37.4 Å². The Balaban J connectivity index is 1.45. The molecule has 0 aromatic heterocycles. The highest BCUT2D eigenvalue weighted by molar-refractivity contribution is 5.94. The van der Waals surface area contributed by atoms with Gasteiger partial charge in [0.25, 0.3) is 11.8 Å². The molecule has 6 nitrogen and oxygen atoms in total. The summed E-state index contributed by atoms with van der Waals surface area (Å²) in [6, 6.07) is 12.5. The van der Waals surface area contributed by atoms with Crippen molar-refractivity contribution in [1.29, 1.82) is 0 Å². The zero-order valence-electron chi connectivity index (χ0n) is 16.5. The number of anilines is 1. The lowest BCUT2D eigenvalue weighted by molar-refractivity contribution is -0.895. The van der Waals surface area contributed by atoms with Crippen molar-refractivity contribution in [3.05, 3.63) is 59.7 Å². The standard InChI is InChI=1S/C21H22F3N3O3/c1-15-3-2-4-16(13-15)20(29)27-11-9-26(10-12-27)14-19(28)25-17-5-7-18(8-6-17)30-21(22,23)24/h2-8,13H,9-12,14H2,1H3,(H,25,28)/p+1. The molecule has 2 aromatic rings. The van der Waals surface area contributed by atoms with Crippen molar-refractivity contribution >= 4 is 17.5 Å². The lowest BCUT2D eigenvalue weighted by atomic mass is 10.1. The molecular weight excluding hydrogens is 399 g/mol. The topological polar surface area (TPSA) is 63.1 Å². The summed E-state index contributed by atoms with van der Waals surface area (Å²) in [5.41, 5.74) is 2.08. The molecule has 2 amide bonds. The first-order valence-corrected chi connectivity index (χ1v) is 9.55. The lowest BCUT2D eigenvalue weighted by Crippen LogP contribution is -3.15. The van der Waals surface area contributed by atoms with Crippen LogP contribution in [0, 0.1) is 6.92 Å². The molecule has 1 aliphatic heterocycles. The van der Waals surface area contributed by atoms with Gasteiger partial charge in [-0.3, -0.25) is 9.59 Å². The Labute approximate surface area is 172 Å². The Bertz CT molecular complexity index is 892. The third kappa shape index (κ3) is 6.21. The monoisotopic (exact) mass is 422 g/mol. The summed E-state index contributed by atoms with van der Waals surface area (Å²) in [5, 5.41) is 2.67. The van der Waals surface area contributed by atoms with Crippen molar-refractivity contribution in [2.24, 2.45) is 0 Å². The van der Waals surface area contributed by atoms with E-state index in [2.05, 4.69) is 10.1 Å². The maximum absolute atomic E-state index is 12.6. The summed E-state index contributed by atoms with van der Waals surface area (Å²) >= 11 is 0. The van der Waals surface area contributed by atoms with Crippen LogP contribution in [0.1, 0.15) is 15.9 Å². The maximum Gasteiger partial charge on any atom is 0.573 e. The molecule has 1 aliphatic rings. The van der Waals surface area contributed by atoms with Gasteiger partial charge in [-0.05, 0) is 43.3 Å². The van der Waals surface area contributed by atoms with Gasteiger partial charge in [0.2, 0.25) is 0 Å². The van der Waals surface area contributed by atoms with Crippen LogP contribution in [0.2, 0.25) is 0 Å². The van der Waals surface area contributed by atoms with E-state index < -0.39 is 6.36 Å². The number of quaternary nitrogens is 1. The van der Waals surface area contributed by atoms with Gasteiger partial charge in [0, 0.05) is 11.3 Å². The third-order valence-electron chi connectivity index (χ3n) is 4.80. The molecule has 0 aliphatic carbocycles. The lowest BCUT2D eigenvalue weighted by Gasteiger charge is -2.32. The number of piperazine rings is 1. The quantitative estimate of drug-likeness (QED) is 0.774. The van der Waals surface area contributed by atoms with Crippen LogP contribution >= 0.6 is 0 Å². The SMILES string of the molecule is Cc1cccc(C(=O)N2CC[NH+](CC(=O)Nc3ccc(OC(F)(F)F)cc3)CC2)c1. The second-order valence-corrected chi connectivity index (χ2v) is 7.21. The van der Waals surface area contributed by atoms with E-state index in [1.807, 2.05) is 25.1 Å². The Morgan fingerprint density at radius 3 is 2.37 bits per heavy atom. The number of rotatable bonds is 5. The van der Waals surface area contributed by atoms with Crippen molar-refractivity contribution in [2.45, 2.75) is 13.3 Å². The average Bonchev–Trinajstić information content (AvgIpc) is 2.68. The Hall–Kier alpha value is -3.07. The zero-order chi connectivity index (χ0) is 21.7. The van der Waals surface area contributed by atoms with E-state index >= 15 is 0 Å². The van der Waals surface area contributed by atoms with Crippen LogP contribution < -0.4 is 15.0 Å². The van der Waals surface area contributed by atoms with Gasteiger partial charge in [0.15, 0.2) is 6.54 Å². The molecule has 30 heavy (non-hydrogen) atoms. The highest BCUT2D eigenvalue weighted by atomic mass is 19.4. The molecule has 0 spiro atoms. The van der Waals surface area contributed by atoms with E-state index in [4.69, 9.17) is 0 Å². The summed E-state index contributed by atoms with van der Waals surface area (Å²) in [7, 11) is 0. The summed E-state index contributed by atoms with van der Waals surface area (Å²) < 4.78 is 40.4. The number of carbonyl (C=O) groups is 2. The molecule has 0 radical (unpaired) electrons. The normalized spacial score (nSPS) is 15.0. The third-order valence-corrected chi connectivity index (χ3v) is 4.80. The number of carbonyl (C=O) groups excluding carboxylic acids is 2. The van der Waals surface area contributed by atoms with E-state index in [-0.39, 0.29) is 24.1 Å². The highest BCUT2D eigenvalue weighted by Crippen LogP contribution is 2.23. The van der Waals surface area contributed by atoms with Gasteiger partial charge in [-0.1, -0.05) is 17.7 Å². The highest BCUT2D eigenvalue weighted by Gasteiger charge is 2.31. The second-order valence-electron chi connectivity index (χ2n) is 7.21. The first-order chi connectivity index (χ1) is 14.2. The van der Waals surface area contributed by atoms with Gasteiger partial charge in [0.1, 0.15) is 5.75 Å². The zero-order valence-corrected chi connectivity index (χ0v) is 16.5. The number of aryl methyl sites for hydroxylation is 1. The second kappa shape index (κ2) is 9.17. The van der Waals surface area contributed by atoms with E-state index in [1.54, 1.807) is 11.0 Å². The predicted octanol–water partition coefficient (Wildman–Crippen LogP) is 1.87. The van der Waals surface area contributed by atoms with Crippen LogP contribution in [0.3, 0.4) is 0 Å². The number of hydrogen-bond acceptors (Lipinski definition) is 3. The van der Waals surface area contributed by atoms with Crippen molar-refractivity contribution < 1.29 is 32.4 Å². The predicted molar refractivity (Wildman–Crippen MR) is 104 cm³/mol. The summed E-state index contributed by atoms with van der Waals surface area (Å²) in [6.07, 6.45) is -4.75. The number of halogens is 3. The molecular formula is C21H23F3N3O3+. The molecule has 1 fully saturated rings. The molecule has 0 bridgehead atoms. The molecule has 1 heterocycles. The molecule has 0 atom stereocenters. The number of ether oxygens (including phenoxy) is 1. The van der Waals surface area contributed by atoms with Crippen LogP contribution in [0.25, 0.3) is 0 Å². The molecule has 160 valence electrons. The van der Waals surface area contributed by atoms with Gasteiger partial charge >= 0.3 is 6.36 Å². The smallest absolute Gasteiger partial charge is 0.406 e. The maximum atomic E-state index is 12.6. The minimum absolute atomic E-state index is 0.0108. The molecule has 1 saturated heterocycles. The van der Waals surface area contributed by atoms with Crippen molar-refractivity contribution in [3.63, 3.8) is 0 Å². The van der Waals surface area contributed by atoms with Crippen molar-refractivity contribution in [2.75, 3.05) is 38.0 Å². The molecule has 2 aromatic carbocycles. The first kappa shape index (κ1) is 21.6. The fourth-order valence-corrected chi connectivity index (χ4v) is 3.34. The fourth-order valence-electron chi connectivity index (χ4n) is 3.34. The largest absolute Gasteiger partial charge is 0.573 e. The summed E-state index contributed by atoms with van der Waals surface area (Å²) in [4.78, 5) is 27.7. The fraction of sp³-hybridized carbons (Fsp3) is 0.333. The minimum Gasteiger partial charge on any atom is -0.406 e. The van der Waals surface area contributed by atoms with Crippen molar-refractivity contribution in [1.82, 2.24) is 4.90 Å². The Morgan fingerprint density at radius 1 is 1.10 bits per heavy atom. The van der Waals surface area contributed by atoms with Gasteiger partial charge in [-0.25, -0.2) is 0 Å². The number of alkyl halides is 3. The van der Waals surface area contributed by atoms with Gasteiger partial charge in [-0.15, -0.1) is 13.2 Å². The van der Waals surface area contributed by atoms with Crippen LogP contribution in [-0.2, 0) is 4.79 Å². The van der Waals surface area contributed by atoms with Crippen LogP contribution in [0.15, 0.2) is 48.5 Å². The molecule has 0 saturated carbocycles. The van der Waals surface area contributed by atoms with E-state index in [0.717, 1.165) is 22.6 Å². The number of nitrogens with zero attached hydrogens (tertiary/aromatic N) is 1. The number of hydrogen-bond donors (Lipinski definition) is 2. The van der Waals surface area contributed by atoms with Crippen LogP contribution in [-0.4, -0.2) is 55.8 Å². The molecule has 3 rings (SSSR count). The van der Waals surface area contributed by atoms with Crippen LogP contribution in [0.4, 0.5) is 18.9 Å². The van der Waals surface area contributed by atoms with Gasteiger partial charge in [0.05, 0.1) is 26.2 Å². The van der Waals surface area contributed by atoms with Crippen molar-refractivity contribution in [3.8, 4) is 5.75 Å². The Kier molecular flexibility index (Phi) is 6.61. The molecule has 9 heteroatoms. The van der Waals surface area contributed by atoms with Gasteiger partial charge in [-0.2, -0.15) is 0 Å². The summed E-state index contributed by atoms with van der Waals surface area (Å²) in [5.74, 6) is -0.600. The minimum atomic E-state index is -4.75. The first-order valence-electron chi connectivity index (χ1n) is 9.55. The van der Waals surface area contributed by atoms with Crippen LogP contribution in [0.5, 0.6) is 5.75 Å². The molecule has 0 unspecified atom stereocenters. The summed E-state index contributed by atoms with van der Waals surface area (Å²) in [6.45, 7) is 4.55. The van der Waals surface area contributed by atoms with E-state index in [1.165, 1.54) is 12.1 Å². The number of benzene rings is 2. The number of nitrogens with one attached hydrogen (secondary N) is 2. The Morgan fingerprint density at radius 2 is 1.77 bits per heavy atom. The molecule has 2 N–H and O–H groups in total. The number of amides is 2. The van der Waals surface area contributed by atoms with E-state index in [9.17, 15) is 22.8 Å².